The Balaban J connectivity index is 1.63. The lowest BCUT2D eigenvalue weighted by Gasteiger charge is -2.20. The van der Waals surface area contributed by atoms with Gasteiger partial charge in [0, 0.05) is 11.9 Å². The summed E-state index contributed by atoms with van der Waals surface area (Å²) in [7, 11) is 1.81. The molecule has 3 aromatic rings. The SMILES string of the molecule is C[C@@H](Sc1ccc(O)cc1)C(=O)N(C)Cc1nc2ccccc2s1. The van der Waals surface area contributed by atoms with Crippen LogP contribution in [0.5, 0.6) is 5.75 Å². The van der Waals surface area contributed by atoms with Gasteiger partial charge in [0.1, 0.15) is 10.8 Å². The zero-order valence-electron chi connectivity index (χ0n) is 13.5. The van der Waals surface area contributed by atoms with Gasteiger partial charge in [-0.1, -0.05) is 12.1 Å². The van der Waals surface area contributed by atoms with Crippen LogP contribution in [0.25, 0.3) is 10.2 Å². The van der Waals surface area contributed by atoms with Crippen LogP contribution in [-0.2, 0) is 11.3 Å². The van der Waals surface area contributed by atoms with E-state index in [0.29, 0.717) is 6.54 Å². The second-order valence-corrected chi connectivity index (χ2v) is 8.05. The molecule has 3 rings (SSSR count). The summed E-state index contributed by atoms with van der Waals surface area (Å²) in [6.07, 6.45) is 0. The van der Waals surface area contributed by atoms with Gasteiger partial charge in [-0.2, -0.15) is 0 Å². The molecule has 4 nitrogen and oxygen atoms in total. The minimum atomic E-state index is -0.200. The third kappa shape index (κ3) is 3.88. The zero-order valence-corrected chi connectivity index (χ0v) is 15.1. The summed E-state index contributed by atoms with van der Waals surface area (Å²) in [5, 5.41) is 10.1. The molecule has 0 spiro atoms. The summed E-state index contributed by atoms with van der Waals surface area (Å²) in [5.41, 5.74) is 0.977. The molecule has 0 saturated carbocycles. The highest BCUT2D eigenvalue weighted by Crippen LogP contribution is 2.27. The first-order valence-electron chi connectivity index (χ1n) is 7.58. The highest BCUT2D eigenvalue weighted by Gasteiger charge is 2.20. The van der Waals surface area contributed by atoms with Crippen molar-refractivity contribution in [3.63, 3.8) is 0 Å². The Kier molecular flexibility index (Phi) is 5.06. The first kappa shape index (κ1) is 16.8. The minimum absolute atomic E-state index is 0.0623. The fourth-order valence-corrected chi connectivity index (χ4v) is 4.36. The van der Waals surface area contributed by atoms with Gasteiger partial charge in [-0.15, -0.1) is 23.1 Å². The van der Waals surface area contributed by atoms with Gasteiger partial charge in [0.15, 0.2) is 0 Å². The smallest absolute Gasteiger partial charge is 0.235 e. The molecule has 1 amide bonds. The number of fused-ring (bicyclic) bond motifs is 1. The van der Waals surface area contributed by atoms with Gasteiger partial charge in [-0.3, -0.25) is 4.79 Å². The molecule has 24 heavy (non-hydrogen) atoms. The average Bonchev–Trinajstić information content (AvgIpc) is 2.98. The molecular formula is C18H18N2O2S2. The number of benzene rings is 2. The number of carbonyl (C=O) groups excluding carboxylic acids is 1. The summed E-state index contributed by atoms with van der Waals surface area (Å²) in [6.45, 7) is 2.41. The summed E-state index contributed by atoms with van der Waals surface area (Å²) in [5.74, 6) is 0.290. The van der Waals surface area contributed by atoms with Gasteiger partial charge < -0.3 is 10.0 Å². The van der Waals surface area contributed by atoms with Gasteiger partial charge in [-0.25, -0.2) is 4.98 Å². The molecule has 1 aromatic heterocycles. The highest BCUT2D eigenvalue weighted by atomic mass is 32.2. The Morgan fingerprint density at radius 2 is 1.96 bits per heavy atom. The maximum Gasteiger partial charge on any atom is 0.235 e. The topological polar surface area (TPSA) is 53.4 Å². The van der Waals surface area contributed by atoms with E-state index in [2.05, 4.69) is 4.98 Å². The zero-order chi connectivity index (χ0) is 17.1. The largest absolute Gasteiger partial charge is 0.508 e. The predicted molar refractivity (Wildman–Crippen MR) is 99.5 cm³/mol. The maximum atomic E-state index is 12.6. The van der Waals surface area contributed by atoms with E-state index in [-0.39, 0.29) is 16.9 Å². The van der Waals surface area contributed by atoms with Crippen LogP contribution < -0.4 is 0 Å². The summed E-state index contributed by atoms with van der Waals surface area (Å²) in [4.78, 5) is 19.8. The monoisotopic (exact) mass is 358 g/mol. The van der Waals surface area contributed by atoms with Crippen molar-refractivity contribution >= 4 is 39.2 Å². The molecule has 0 saturated heterocycles. The third-order valence-corrected chi connectivity index (χ3v) is 5.70. The fourth-order valence-electron chi connectivity index (χ4n) is 2.36. The molecule has 1 heterocycles. The molecule has 0 aliphatic heterocycles. The number of phenols is 1. The van der Waals surface area contributed by atoms with Crippen LogP contribution in [0.15, 0.2) is 53.4 Å². The van der Waals surface area contributed by atoms with E-state index in [0.717, 1.165) is 20.1 Å². The van der Waals surface area contributed by atoms with Crippen LogP contribution in [0.2, 0.25) is 0 Å². The first-order valence-corrected chi connectivity index (χ1v) is 9.27. The number of para-hydroxylation sites is 1. The molecule has 0 bridgehead atoms. The van der Waals surface area contributed by atoms with Crippen molar-refractivity contribution in [1.82, 2.24) is 9.88 Å². The molecule has 0 fully saturated rings. The molecule has 0 aliphatic rings. The van der Waals surface area contributed by atoms with E-state index in [4.69, 9.17) is 0 Å². The molecule has 1 N–H and O–H groups in total. The number of thiazole rings is 1. The second-order valence-electron chi connectivity index (χ2n) is 5.52. The lowest BCUT2D eigenvalue weighted by atomic mass is 10.3. The molecular weight excluding hydrogens is 340 g/mol. The molecule has 124 valence electrons. The first-order chi connectivity index (χ1) is 11.5. The Labute approximate surface area is 149 Å². The number of hydrogen-bond acceptors (Lipinski definition) is 5. The van der Waals surface area contributed by atoms with E-state index in [9.17, 15) is 9.90 Å². The van der Waals surface area contributed by atoms with Crippen molar-refractivity contribution in [3.8, 4) is 5.75 Å². The third-order valence-electron chi connectivity index (χ3n) is 3.58. The van der Waals surface area contributed by atoms with Crippen LogP contribution in [-0.4, -0.2) is 33.2 Å². The van der Waals surface area contributed by atoms with Crippen LogP contribution in [0.3, 0.4) is 0 Å². The summed E-state index contributed by atoms with van der Waals surface area (Å²) < 4.78 is 1.14. The number of carbonyl (C=O) groups is 1. The number of thioether (sulfide) groups is 1. The van der Waals surface area contributed by atoms with E-state index in [1.54, 1.807) is 28.4 Å². The summed E-state index contributed by atoms with van der Waals surface area (Å²) >= 11 is 3.11. The standard InChI is InChI=1S/C18H18N2O2S2/c1-12(23-14-9-7-13(21)8-10-14)18(22)20(2)11-17-19-15-5-3-4-6-16(15)24-17/h3-10,12,21H,11H2,1-2H3/t12-/m1/s1. The van der Waals surface area contributed by atoms with Gasteiger partial charge >= 0.3 is 0 Å². The predicted octanol–water partition coefficient (Wildman–Crippen LogP) is 4.14. The Hall–Kier alpha value is -2.05. The van der Waals surface area contributed by atoms with Crippen molar-refractivity contribution in [3.05, 3.63) is 53.5 Å². The molecule has 0 unspecified atom stereocenters. The van der Waals surface area contributed by atoms with Crippen molar-refractivity contribution in [2.75, 3.05) is 7.05 Å². The normalized spacial score (nSPS) is 12.2. The van der Waals surface area contributed by atoms with Crippen LogP contribution in [0, 0.1) is 0 Å². The molecule has 2 aromatic carbocycles. The highest BCUT2D eigenvalue weighted by molar-refractivity contribution is 8.00. The van der Waals surface area contributed by atoms with Crippen LogP contribution in [0.1, 0.15) is 11.9 Å². The number of aromatic nitrogens is 1. The van der Waals surface area contributed by atoms with Crippen molar-refractivity contribution in [1.29, 1.82) is 0 Å². The fraction of sp³-hybridized carbons (Fsp3) is 0.222. The van der Waals surface area contributed by atoms with Crippen molar-refractivity contribution in [2.24, 2.45) is 0 Å². The van der Waals surface area contributed by atoms with Gasteiger partial charge in [0.05, 0.1) is 22.0 Å². The van der Waals surface area contributed by atoms with Crippen molar-refractivity contribution in [2.45, 2.75) is 23.6 Å². The van der Waals surface area contributed by atoms with E-state index < -0.39 is 0 Å². The molecule has 0 radical (unpaired) electrons. The number of phenolic OH excluding ortho intramolecular Hbond substituents is 1. The molecule has 0 aliphatic carbocycles. The number of rotatable bonds is 5. The minimum Gasteiger partial charge on any atom is -0.508 e. The quantitative estimate of drug-likeness (QED) is 0.697. The molecule has 6 heteroatoms. The lowest BCUT2D eigenvalue weighted by molar-refractivity contribution is -0.129. The van der Waals surface area contributed by atoms with Crippen molar-refractivity contribution < 1.29 is 9.90 Å². The van der Waals surface area contributed by atoms with Gasteiger partial charge in [-0.05, 0) is 43.3 Å². The number of aromatic hydroxyl groups is 1. The Bertz CT molecular complexity index is 813. The van der Waals surface area contributed by atoms with Crippen LogP contribution >= 0.6 is 23.1 Å². The average molecular weight is 358 g/mol. The maximum absolute atomic E-state index is 12.6. The number of hydrogen-bond donors (Lipinski definition) is 1. The Morgan fingerprint density at radius 3 is 2.67 bits per heavy atom. The van der Waals surface area contributed by atoms with E-state index >= 15 is 0 Å². The second kappa shape index (κ2) is 7.23. The molecule has 1 atom stereocenters. The number of nitrogens with zero attached hydrogens (tertiary/aromatic N) is 2. The Morgan fingerprint density at radius 1 is 1.25 bits per heavy atom. The summed E-state index contributed by atoms with van der Waals surface area (Å²) in [6, 6.07) is 14.9. The van der Waals surface area contributed by atoms with Gasteiger partial charge in [0.25, 0.3) is 0 Å². The van der Waals surface area contributed by atoms with Crippen LogP contribution in [0.4, 0.5) is 0 Å². The number of amides is 1. The van der Waals surface area contributed by atoms with E-state index in [1.165, 1.54) is 11.8 Å². The van der Waals surface area contributed by atoms with E-state index in [1.807, 2.05) is 50.4 Å². The van der Waals surface area contributed by atoms with Gasteiger partial charge in [0.2, 0.25) is 5.91 Å². The lowest BCUT2D eigenvalue weighted by Crippen LogP contribution is -2.32.